The van der Waals surface area contributed by atoms with Crippen LogP contribution in [0.3, 0.4) is 0 Å². The Balaban J connectivity index is 1.16. The molecule has 10 heteroatoms. The number of aromatic nitrogens is 4. The maximum Gasteiger partial charge on any atom is 0.272 e. The summed E-state index contributed by atoms with van der Waals surface area (Å²) >= 11 is 1.54. The summed E-state index contributed by atoms with van der Waals surface area (Å²) in [6, 6.07) is 43.2. The highest BCUT2D eigenvalue weighted by atomic mass is 32.2. The number of hydrogen-bond donors (Lipinski definition) is 2. The third-order valence-electron chi connectivity index (χ3n) is 6.96. The first-order valence-corrected chi connectivity index (χ1v) is 15.8. The van der Waals surface area contributed by atoms with Gasteiger partial charge in [-0.3, -0.25) is 9.59 Å². The Morgan fingerprint density at radius 3 is 2.23 bits per heavy atom. The summed E-state index contributed by atoms with van der Waals surface area (Å²) in [5, 5.41) is 17.9. The van der Waals surface area contributed by atoms with Gasteiger partial charge in [0.1, 0.15) is 18.1 Å². The van der Waals surface area contributed by atoms with Crippen molar-refractivity contribution in [3.8, 4) is 11.4 Å². The third-order valence-corrected chi connectivity index (χ3v) is 7.95. The number of para-hydroxylation sites is 1. The molecule has 0 saturated carbocycles. The molecule has 0 aliphatic heterocycles. The van der Waals surface area contributed by atoms with Crippen LogP contribution in [-0.4, -0.2) is 32.0 Å². The van der Waals surface area contributed by atoms with Gasteiger partial charge in [-0.15, -0.1) is 16.9 Å². The summed E-state index contributed by atoms with van der Waals surface area (Å²) in [7, 11) is 0. The Labute approximate surface area is 276 Å². The van der Waals surface area contributed by atoms with Gasteiger partial charge in [0.05, 0.1) is 11.4 Å². The predicted molar refractivity (Wildman–Crippen MR) is 183 cm³/mol. The van der Waals surface area contributed by atoms with Crippen LogP contribution in [0.25, 0.3) is 11.8 Å². The van der Waals surface area contributed by atoms with Gasteiger partial charge in [0.15, 0.2) is 5.82 Å². The Bertz CT molecular complexity index is 1960. The third kappa shape index (κ3) is 8.59. The quantitative estimate of drug-likeness (QED) is 0.110. The first-order valence-electron chi connectivity index (χ1n) is 14.8. The van der Waals surface area contributed by atoms with Gasteiger partial charge in [0.2, 0.25) is 0 Å². The van der Waals surface area contributed by atoms with Gasteiger partial charge in [-0.25, -0.2) is 0 Å². The molecule has 47 heavy (non-hydrogen) atoms. The Morgan fingerprint density at radius 2 is 1.49 bits per heavy atom. The second kappa shape index (κ2) is 15.3. The highest BCUT2D eigenvalue weighted by molar-refractivity contribution is 7.98. The lowest BCUT2D eigenvalue weighted by Gasteiger charge is -2.12. The van der Waals surface area contributed by atoms with E-state index in [1.54, 1.807) is 52.9 Å². The van der Waals surface area contributed by atoms with E-state index in [4.69, 9.17) is 4.74 Å². The number of benzene rings is 5. The molecule has 0 bridgehead atoms. The Hall–Kier alpha value is -6.00. The van der Waals surface area contributed by atoms with Crippen LogP contribution in [0.4, 0.5) is 5.69 Å². The summed E-state index contributed by atoms with van der Waals surface area (Å²) < 4.78 is 7.60. The zero-order valence-electron chi connectivity index (χ0n) is 25.2. The molecule has 6 aromatic rings. The molecule has 2 amide bonds. The van der Waals surface area contributed by atoms with Crippen molar-refractivity contribution in [1.82, 2.24) is 25.5 Å². The van der Waals surface area contributed by atoms with Crippen molar-refractivity contribution in [3.05, 3.63) is 168 Å². The smallest absolute Gasteiger partial charge is 0.272 e. The van der Waals surface area contributed by atoms with Crippen LogP contribution in [0, 0.1) is 0 Å². The number of nitrogens with zero attached hydrogens (tertiary/aromatic N) is 4. The molecular formula is C37H30N6O3S. The predicted octanol–water partition coefficient (Wildman–Crippen LogP) is 6.94. The van der Waals surface area contributed by atoms with Crippen molar-refractivity contribution < 1.29 is 14.3 Å². The van der Waals surface area contributed by atoms with Gasteiger partial charge in [0, 0.05) is 16.1 Å². The van der Waals surface area contributed by atoms with Crippen molar-refractivity contribution in [3.63, 3.8) is 0 Å². The number of tetrazole rings is 1. The lowest BCUT2D eigenvalue weighted by molar-refractivity contribution is -0.113. The molecule has 232 valence electrons. The maximum atomic E-state index is 13.6. The fraction of sp³-hybridized carbons (Fsp3) is 0.0541. The molecule has 0 radical (unpaired) electrons. The molecule has 6 rings (SSSR count). The zero-order valence-corrected chi connectivity index (χ0v) is 26.0. The van der Waals surface area contributed by atoms with Crippen molar-refractivity contribution >= 4 is 35.3 Å². The normalized spacial score (nSPS) is 11.1. The summed E-state index contributed by atoms with van der Waals surface area (Å²) in [4.78, 5) is 27.6. The van der Waals surface area contributed by atoms with Crippen LogP contribution in [0.2, 0.25) is 0 Å². The number of anilines is 1. The number of rotatable bonds is 12. The maximum absolute atomic E-state index is 13.6. The van der Waals surface area contributed by atoms with Crippen molar-refractivity contribution in [2.45, 2.75) is 17.3 Å². The van der Waals surface area contributed by atoms with Gasteiger partial charge < -0.3 is 15.4 Å². The summed E-state index contributed by atoms with van der Waals surface area (Å²) in [6.45, 7) is 0.443. The molecule has 0 saturated heterocycles. The number of carbonyl (C=O) groups excluding carboxylic acids is 2. The molecule has 5 aromatic carbocycles. The fourth-order valence-electron chi connectivity index (χ4n) is 4.59. The van der Waals surface area contributed by atoms with Gasteiger partial charge in [0.25, 0.3) is 11.8 Å². The molecule has 0 unspecified atom stereocenters. The first-order chi connectivity index (χ1) is 23.1. The van der Waals surface area contributed by atoms with E-state index in [1.165, 1.54) is 0 Å². The van der Waals surface area contributed by atoms with E-state index < -0.39 is 11.8 Å². The van der Waals surface area contributed by atoms with Crippen LogP contribution in [0.5, 0.6) is 5.75 Å². The van der Waals surface area contributed by atoms with E-state index in [9.17, 15) is 9.59 Å². The van der Waals surface area contributed by atoms with Crippen LogP contribution >= 0.6 is 11.8 Å². The fourth-order valence-corrected chi connectivity index (χ4v) is 5.45. The molecule has 1 heterocycles. The minimum Gasteiger partial charge on any atom is -0.489 e. The number of carbonyl (C=O) groups is 2. The van der Waals surface area contributed by atoms with Crippen molar-refractivity contribution in [2.75, 3.05) is 5.32 Å². The van der Waals surface area contributed by atoms with Crippen molar-refractivity contribution in [1.29, 1.82) is 0 Å². The van der Waals surface area contributed by atoms with Crippen LogP contribution in [0.1, 0.15) is 27.3 Å². The van der Waals surface area contributed by atoms with E-state index in [0.717, 1.165) is 21.7 Å². The molecule has 0 aliphatic carbocycles. The summed E-state index contributed by atoms with van der Waals surface area (Å²) in [6.07, 6.45) is 1.64. The Kier molecular flexibility index (Phi) is 10.1. The molecule has 9 nitrogen and oxygen atoms in total. The summed E-state index contributed by atoms with van der Waals surface area (Å²) in [5.74, 6) is 1.05. The van der Waals surface area contributed by atoms with Crippen molar-refractivity contribution in [2.24, 2.45) is 0 Å². The Morgan fingerprint density at radius 1 is 0.787 bits per heavy atom. The SMILES string of the molecule is O=C(Nc1cccc(SCc2nnnn2-c2ccccc2)c1)/C(=C\c1ccc(OCc2ccccc2)cc1)NC(=O)c1ccccc1. The lowest BCUT2D eigenvalue weighted by atomic mass is 10.1. The van der Waals surface area contributed by atoms with Gasteiger partial charge in [-0.1, -0.05) is 84.9 Å². The van der Waals surface area contributed by atoms with E-state index in [-0.39, 0.29) is 5.70 Å². The highest BCUT2D eigenvalue weighted by Gasteiger charge is 2.16. The van der Waals surface area contributed by atoms with Crippen LogP contribution in [0.15, 0.2) is 150 Å². The molecule has 2 N–H and O–H groups in total. The molecule has 0 spiro atoms. The average Bonchev–Trinajstić information content (AvgIpc) is 3.60. The second-order valence-electron chi connectivity index (χ2n) is 10.3. The minimum absolute atomic E-state index is 0.0944. The van der Waals surface area contributed by atoms with Gasteiger partial charge >= 0.3 is 0 Å². The molecular weight excluding hydrogens is 609 g/mol. The van der Waals surface area contributed by atoms with E-state index >= 15 is 0 Å². The van der Waals surface area contributed by atoms with Gasteiger partial charge in [-0.05, 0) is 82.2 Å². The standard InChI is InChI=1S/C37H30N6O3S/c44-36(29-13-6-2-7-14-29)39-34(23-27-19-21-32(22-20-27)46-25-28-11-4-1-5-12-28)37(45)38-30-15-10-18-33(24-30)47-26-35-40-41-42-43(35)31-16-8-3-9-17-31/h1-24H,25-26H2,(H,38,45)(H,39,44)/b34-23+. The van der Waals surface area contributed by atoms with E-state index in [2.05, 4.69) is 26.2 Å². The van der Waals surface area contributed by atoms with E-state index in [0.29, 0.717) is 35.2 Å². The number of hydrogen-bond acceptors (Lipinski definition) is 7. The minimum atomic E-state index is -0.464. The zero-order chi connectivity index (χ0) is 32.3. The molecule has 0 atom stereocenters. The summed E-state index contributed by atoms with van der Waals surface area (Å²) in [5.41, 5.74) is 3.77. The molecule has 0 aliphatic rings. The number of amides is 2. The number of nitrogens with one attached hydrogen (secondary N) is 2. The lowest BCUT2D eigenvalue weighted by Crippen LogP contribution is -2.30. The van der Waals surface area contributed by atoms with Crippen LogP contribution in [-0.2, 0) is 17.2 Å². The van der Waals surface area contributed by atoms with Gasteiger partial charge in [-0.2, -0.15) is 4.68 Å². The van der Waals surface area contributed by atoms with Crippen LogP contribution < -0.4 is 15.4 Å². The first kappa shape index (κ1) is 31.0. The molecule has 1 aromatic heterocycles. The average molecular weight is 639 g/mol. The largest absolute Gasteiger partial charge is 0.489 e. The monoisotopic (exact) mass is 638 g/mol. The number of thioether (sulfide) groups is 1. The van der Waals surface area contributed by atoms with E-state index in [1.807, 2.05) is 109 Å². The topological polar surface area (TPSA) is 111 Å². The molecule has 0 fully saturated rings. The highest BCUT2D eigenvalue weighted by Crippen LogP contribution is 2.26. The second-order valence-corrected chi connectivity index (χ2v) is 11.4. The number of ether oxygens (including phenoxy) is 1.